The molecule has 4 nitrogen and oxygen atoms in total. The van der Waals surface area contributed by atoms with Gasteiger partial charge >= 0.3 is 0 Å². The lowest BCUT2D eigenvalue weighted by molar-refractivity contribution is 0.169. The Balaban J connectivity index is 1.84. The van der Waals surface area contributed by atoms with Crippen LogP contribution in [0.3, 0.4) is 0 Å². The average molecular weight is 273 g/mol. The number of para-hydroxylation sites is 1. The van der Waals surface area contributed by atoms with Gasteiger partial charge in [0.05, 0.1) is 33.4 Å². The highest BCUT2D eigenvalue weighted by atomic mass is 32.1. The minimum absolute atomic E-state index is 0.533. The molecule has 3 rings (SSSR count). The number of imidazole rings is 1. The Hall–Kier alpha value is -1.72. The molecule has 98 valence electrons. The minimum Gasteiger partial charge on any atom is -0.386 e. The van der Waals surface area contributed by atoms with Gasteiger partial charge in [-0.15, -0.1) is 11.3 Å². The van der Waals surface area contributed by atoms with E-state index in [0.29, 0.717) is 6.42 Å². The van der Waals surface area contributed by atoms with Crippen LogP contribution in [0, 0.1) is 0 Å². The summed E-state index contributed by atoms with van der Waals surface area (Å²) in [7, 11) is 0. The highest BCUT2D eigenvalue weighted by molar-refractivity contribution is 7.18. The molecule has 2 aromatic heterocycles. The molecule has 0 saturated carbocycles. The smallest absolute Gasteiger partial charge is 0.102 e. The molecule has 0 bridgehead atoms. The van der Waals surface area contributed by atoms with E-state index in [2.05, 4.69) is 16.0 Å². The molecule has 0 aliphatic rings. The summed E-state index contributed by atoms with van der Waals surface area (Å²) < 4.78 is 3.12. The van der Waals surface area contributed by atoms with Gasteiger partial charge in [0.2, 0.25) is 0 Å². The zero-order valence-corrected chi connectivity index (χ0v) is 11.5. The fourth-order valence-corrected chi connectivity index (χ4v) is 3.15. The molecule has 1 aromatic carbocycles. The van der Waals surface area contributed by atoms with Crippen molar-refractivity contribution >= 4 is 21.6 Å². The van der Waals surface area contributed by atoms with E-state index in [9.17, 15) is 5.11 Å². The normalized spacial score (nSPS) is 12.9. The van der Waals surface area contributed by atoms with Crippen molar-refractivity contribution in [3.63, 3.8) is 0 Å². The lowest BCUT2D eigenvalue weighted by Crippen LogP contribution is -2.08. The number of nitrogens with zero attached hydrogens (tertiary/aromatic N) is 3. The largest absolute Gasteiger partial charge is 0.386 e. The summed E-state index contributed by atoms with van der Waals surface area (Å²) in [5.41, 5.74) is 1.85. The molecule has 1 atom stereocenters. The molecule has 0 aliphatic carbocycles. The van der Waals surface area contributed by atoms with Crippen LogP contribution in [0.5, 0.6) is 0 Å². The molecule has 5 heteroatoms. The van der Waals surface area contributed by atoms with E-state index < -0.39 is 6.10 Å². The van der Waals surface area contributed by atoms with Crippen molar-refractivity contribution < 1.29 is 5.11 Å². The highest BCUT2D eigenvalue weighted by Gasteiger charge is 2.15. The lowest BCUT2D eigenvalue weighted by atomic mass is 10.2. The molecule has 0 amide bonds. The fraction of sp³-hybridized carbons (Fsp3) is 0.286. The zero-order chi connectivity index (χ0) is 13.2. The molecule has 2 heterocycles. The maximum atomic E-state index is 10.3. The van der Waals surface area contributed by atoms with Gasteiger partial charge in [0.15, 0.2) is 0 Å². The van der Waals surface area contributed by atoms with Crippen LogP contribution in [0.15, 0.2) is 36.8 Å². The monoisotopic (exact) mass is 273 g/mol. The third-order valence-electron chi connectivity index (χ3n) is 3.13. The third kappa shape index (κ3) is 2.39. The molecular formula is C14H15N3OS. The second kappa shape index (κ2) is 5.11. The van der Waals surface area contributed by atoms with Crippen LogP contribution in [-0.4, -0.2) is 19.6 Å². The first-order valence-electron chi connectivity index (χ1n) is 6.30. The zero-order valence-electron chi connectivity index (χ0n) is 10.7. The second-order valence-corrected chi connectivity index (χ2v) is 5.51. The number of rotatable bonds is 4. The standard InChI is InChI=1S/C14H15N3OS/c1-2-17-9-15-8-11(17)12(18)7-14-16-10-5-3-4-6-13(10)19-14/h3-6,8-9,12,18H,2,7H2,1H3. The van der Waals surface area contributed by atoms with E-state index in [1.54, 1.807) is 23.9 Å². The van der Waals surface area contributed by atoms with E-state index in [1.807, 2.05) is 29.7 Å². The average Bonchev–Trinajstić information content (AvgIpc) is 3.03. The number of fused-ring (bicyclic) bond motifs is 1. The van der Waals surface area contributed by atoms with Gasteiger partial charge in [0.25, 0.3) is 0 Å². The summed E-state index contributed by atoms with van der Waals surface area (Å²) in [6, 6.07) is 8.04. The summed E-state index contributed by atoms with van der Waals surface area (Å²) in [4.78, 5) is 8.63. The number of aliphatic hydroxyl groups is 1. The Bertz CT molecular complexity index is 656. The molecule has 0 aliphatic heterocycles. The van der Waals surface area contributed by atoms with Crippen LogP contribution in [0.25, 0.3) is 10.2 Å². The van der Waals surface area contributed by atoms with Gasteiger partial charge in [-0.1, -0.05) is 12.1 Å². The first-order chi connectivity index (χ1) is 9.28. The number of aliphatic hydroxyl groups excluding tert-OH is 1. The van der Waals surface area contributed by atoms with Gasteiger partial charge in [-0.2, -0.15) is 0 Å². The van der Waals surface area contributed by atoms with Crippen LogP contribution in [0.2, 0.25) is 0 Å². The van der Waals surface area contributed by atoms with E-state index >= 15 is 0 Å². The predicted molar refractivity (Wildman–Crippen MR) is 76.2 cm³/mol. The molecular weight excluding hydrogens is 258 g/mol. The van der Waals surface area contributed by atoms with Gasteiger partial charge in [-0.05, 0) is 19.1 Å². The molecule has 0 spiro atoms. The Morgan fingerprint density at radius 1 is 1.37 bits per heavy atom. The minimum atomic E-state index is -0.553. The van der Waals surface area contributed by atoms with Crippen molar-refractivity contribution in [2.75, 3.05) is 0 Å². The summed E-state index contributed by atoms with van der Waals surface area (Å²) in [6.45, 7) is 2.85. The van der Waals surface area contributed by atoms with Crippen LogP contribution < -0.4 is 0 Å². The highest BCUT2D eigenvalue weighted by Crippen LogP contribution is 2.26. The van der Waals surface area contributed by atoms with E-state index in [1.165, 1.54) is 0 Å². The quantitative estimate of drug-likeness (QED) is 0.795. The Morgan fingerprint density at radius 3 is 3.00 bits per heavy atom. The van der Waals surface area contributed by atoms with Crippen molar-refractivity contribution in [2.24, 2.45) is 0 Å². The maximum absolute atomic E-state index is 10.3. The van der Waals surface area contributed by atoms with Crippen LogP contribution in [0.1, 0.15) is 23.7 Å². The van der Waals surface area contributed by atoms with Crippen LogP contribution in [-0.2, 0) is 13.0 Å². The number of hydrogen-bond acceptors (Lipinski definition) is 4. The van der Waals surface area contributed by atoms with Crippen molar-refractivity contribution in [3.8, 4) is 0 Å². The SMILES string of the molecule is CCn1cncc1C(O)Cc1nc2ccccc2s1. The summed E-state index contributed by atoms with van der Waals surface area (Å²) in [5, 5.41) is 11.3. The number of aryl methyl sites for hydroxylation is 1. The van der Waals surface area contributed by atoms with Crippen molar-refractivity contribution in [2.45, 2.75) is 26.0 Å². The number of benzene rings is 1. The molecule has 0 saturated heterocycles. The second-order valence-electron chi connectivity index (χ2n) is 4.40. The first kappa shape index (κ1) is 12.3. The molecule has 3 aromatic rings. The molecule has 0 fully saturated rings. The van der Waals surface area contributed by atoms with Crippen LogP contribution in [0.4, 0.5) is 0 Å². The maximum Gasteiger partial charge on any atom is 0.102 e. The van der Waals surface area contributed by atoms with Gasteiger partial charge in [-0.25, -0.2) is 9.97 Å². The Kier molecular flexibility index (Phi) is 3.31. The van der Waals surface area contributed by atoms with Gasteiger partial charge in [0.1, 0.15) is 6.10 Å². The van der Waals surface area contributed by atoms with Crippen molar-refractivity contribution in [1.29, 1.82) is 0 Å². The number of aromatic nitrogens is 3. The fourth-order valence-electron chi connectivity index (χ4n) is 2.15. The summed E-state index contributed by atoms with van der Waals surface area (Å²) in [6.07, 6.45) is 3.45. The number of hydrogen-bond donors (Lipinski definition) is 1. The Morgan fingerprint density at radius 2 is 2.21 bits per heavy atom. The van der Waals surface area contributed by atoms with Crippen molar-refractivity contribution in [3.05, 3.63) is 47.5 Å². The van der Waals surface area contributed by atoms with E-state index in [0.717, 1.165) is 27.5 Å². The van der Waals surface area contributed by atoms with Gasteiger partial charge in [-0.3, -0.25) is 0 Å². The molecule has 1 N–H and O–H groups in total. The summed E-state index contributed by atoms with van der Waals surface area (Å²) >= 11 is 1.64. The summed E-state index contributed by atoms with van der Waals surface area (Å²) in [5.74, 6) is 0. The first-order valence-corrected chi connectivity index (χ1v) is 7.12. The van der Waals surface area contributed by atoms with Gasteiger partial charge < -0.3 is 9.67 Å². The predicted octanol–water partition coefficient (Wildman–Crippen LogP) is 2.79. The molecule has 19 heavy (non-hydrogen) atoms. The lowest BCUT2D eigenvalue weighted by Gasteiger charge is -2.10. The van der Waals surface area contributed by atoms with E-state index in [-0.39, 0.29) is 0 Å². The third-order valence-corrected chi connectivity index (χ3v) is 4.19. The van der Waals surface area contributed by atoms with Gasteiger partial charge in [0, 0.05) is 13.0 Å². The topological polar surface area (TPSA) is 50.9 Å². The van der Waals surface area contributed by atoms with E-state index in [4.69, 9.17) is 0 Å². The Labute approximate surface area is 115 Å². The molecule has 1 unspecified atom stereocenters. The van der Waals surface area contributed by atoms with Crippen molar-refractivity contribution in [1.82, 2.24) is 14.5 Å². The molecule has 0 radical (unpaired) electrons. The number of thiazole rings is 1. The van der Waals surface area contributed by atoms with Crippen LogP contribution >= 0.6 is 11.3 Å².